The van der Waals surface area contributed by atoms with Gasteiger partial charge in [0.15, 0.2) is 0 Å². The molecule has 3 heteroatoms. The molecule has 0 N–H and O–H groups in total. The molecule has 9 aromatic rings. The SMILES string of the molecule is N#Cc1ccc2c(-c3ccc4c(c3)Sc3cccc5cccc-4c35)c3ccccc3c(-c3ccc4c5c(cccc35)Sc3ccccc3-4)c2c1. The monoisotopic (exact) mass is 667 g/mol. The van der Waals surface area contributed by atoms with Gasteiger partial charge in [-0.05, 0) is 113 Å². The first kappa shape index (κ1) is 28.1. The van der Waals surface area contributed by atoms with Crippen LogP contribution >= 0.6 is 23.5 Å². The van der Waals surface area contributed by atoms with Crippen LogP contribution in [0.4, 0.5) is 0 Å². The number of rotatable bonds is 2. The fraction of sp³-hybridized carbons (Fsp3) is 0. The van der Waals surface area contributed by atoms with E-state index in [4.69, 9.17) is 0 Å². The summed E-state index contributed by atoms with van der Waals surface area (Å²) in [7, 11) is 0. The Morgan fingerprint density at radius 1 is 0.380 bits per heavy atom. The van der Waals surface area contributed by atoms with E-state index in [2.05, 4.69) is 152 Å². The van der Waals surface area contributed by atoms with E-state index >= 15 is 0 Å². The van der Waals surface area contributed by atoms with Crippen LogP contribution in [0.1, 0.15) is 5.56 Å². The number of fused-ring (bicyclic) bond motifs is 6. The lowest BCUT2D eigenvalue weighted by Crippen LogP contribution is -1.97. The number of hydrogen-bond acceptors (Lipinski definition) is 3. The number of nitriles is 1. The van der Waals surface area contributed by atoms with Gasteiger partial charge in [-0.3, -0.25) is 0 Å². The largest absolute Gasteiger partial charge is 0.192 e. The summed E-state index contributed by atoms with van der Waals surface area (Å²) in [6, 6.07) is 57.8. The molecule has 0 bridgehead atoms. The van der Waals surface area contributed by atoms with Crippen molar-refractivity contribution < 1.29 is 0 Å². The van der Waals surface area contributed by atoms with Crippen molar-refractivity contribution in [2.75, 3.05) is 0 Å². The molecule has 0 amide bonds. The van der Waals surface area contributed by atoms with Crippen molar-refractivity contribution >= 4 is 66.6 Å². The highest BCUT2D eigenvalue weighted by atomic mass is 32.2. The second-order valence-electron chi connectivity index (χ2n) is 13.1. The summed E-state index contributed by atoms with van der Waals surface area (Å²) in [4.78, 5) is 5.15. The lowest BCUT2D eigenvalue weighted by atomic mass is 9.83. The van der Waals surface area contributed by atoms with Crippen molar-refractivity contribution in [1.82, 2.24) is 0 Å². The molecule has 230 valence electrons. The molecule has 11 rings (SSSR count). The van der Waals surface area contributed by atoms with E-state index < -0.39 is 0 Å². The molecule has 0 aromatic heterocycles. The van der Waals surface area contributed by atoms with Crippen LogP contribution in [0.3, 0.4) is 0 Å². The Balaban J connectivity index is 1.21. The van der Waals surface area contributed by atoms with Crippen molar-refractivity contribution in [3.8, 4) is 50.6 Å². The minimum Gasteiger partial charge on any atom is -0.192 e. The molecule has 0 saturated carbocycles. The normalized spacial score (nSPS) is 12.6. The number of nitrogens with zero attached hydrogens (tertiary/aromatic N) is 1. The summed E-state index contributed by atoms with van der Waals surface area (Å²) in [6.07, 6.45) is 0. The van der Waals surface area contributed by atoms with Gasteiger partial charge in [0.1, 0.15) is 0 Å². The van der Waals surface area contributed by atoms with Crippen LogP contribution in [0.15, 0.2) is 171 Å². The zero-order valence-electron chi connectivity index (χ0n) is 26.7. The van der Waals surface area contributed by atoms with Gasteiger partial charge in [-0.1, -0.05) is 139 Å². The van der Waals surface area contributed by atoms with E-state index in [0.717, 1.165) is 10.8 Å². The van der Waals surface area contributed by atoms with Gasteiger partial charge in [0.25, 0.3) is 0 Å². The minimum atomic E-state index is 0.665. The van der Waals surface area contributed by atoms with Crippen molar-refractivity contribution in [3.05, 3.63) is 157 Å². The Bertz CT molecular complexity index is 3000. The molecule has 0 spiro atoms. The van der Waals surface area contributed by atoms with E-state index in [-0.39, 0.29) is 0 Å². The Morgan fingerprint density at radius 3 is 1.86 bits per heavy atom. The van der Waals surface area contributed by atoms with Crippen LogP contribution in [0.2, 0.25) is 0 Å². The Kier molecular flexibility index (Phi) is 5.96. The van der Waals surface area contributed by atoms with E-state index in [1.807, 2.05) is 29.6 Å². The van der Waals surface area contributed by atoms with Gasteiger partial charge in [0.05, 0.1) is 11.6 Å². The van der Waals surface area contributed by atoms with Gasteiger partial charge in [0.2, 0.25) is 0 Å². The highest BCUT2D eigenvalue weighted by Gasteiger charge is 2.25. The summed E-state index contributed by atoms with van der Waals surface area (Å²) >= 11 is 3.71. The Labute approximate surface area is 297 Å². The van der Waals surface area contributed by atoms with Crippen molar-refractivity contribution in [3.63, 3.8) is 0 Å². The smallest absolute Gasteiger partial charge is 0.0991 e. The Hall–Kier alpha value is -5.79. The molecular weight excluding hydrogens is 643 g/mol. The second kappa shape index (κ2) is 10.6. The lowest BCUT2D eigenvalue weighted by Gasteiger charge is -2.24. The van der Waals surface area contributed by atoms with Crippen LogP contribution in [-0.2, 0) is 0 Å². The quantitative estimate of drug-likeness (QED) is 0.171. The predicted octanol–water partition coefficient (Wildman–Crippen LogP) is 13.8. The summed E-state index contributed by atoms with van der Waals surface area (Å²) in [5.41, 5.74) is 10.6. The first-order chi connectivity index (χ1) is 24.7. The van der Waals surface area contributed by atoms with Gasteiger partial charge in [-0.15, -0.1) is 0 Å². The first-order valence-corrected chi connectivity index (χ1v) is 18.4. The lowest BCUT2D eigenvalue weighted by molar-refractivity contribution is 1.40. The number of hydrogen-bond donors (Lipinski definition) is 0. The van der Waals surface area contributed by atoms with E-state index in [1.54, 1.807) is 0 Å². The molecule has 9 aromatic carbocycles. The third-order valence-corrected chi connectivity index (χ3v) is 12.7. The van der Waals surface area contributed by atoms with E-state index in [9.17, 15) is 5.26 Å². The van der Waals surface area contributed by atoms with Crippen molar-refractivity contribution in [2.45, 2.75) is 19.6 Å². The first-order valence-electron chi connectivity index (χ1n) is 16.8. The zero-order chi connectivity index (χ0) is 32.9. The fourth-order valence-corrected chi connectivity index (χ4v) is 10.7. The van der Waals surface area contributed by atoms with Crippen LogP contribution in [0.25, 0.3) is 87.6 Å². The van der Waals surface area contributed by atoms with Gasteiger partial charge in [-0.25, -0.2) is 0 Å². The molecule has 0 radical (unpaired) electrons. The molecule has 0 aliphatic carbocycles. The summed E-state index contributed by atoms with van der Waals surface area (Å²) in [6.45, 7) is 0. The third-order valence-electron chi connectivity index (χ3n) is 10.5. The highest BCUT2D eigenvalue weighted by molar-refractivity contribution is 8.00. The molecule has 1 nitrogen and oxygen atoms in total. The summed E-state index contributed by atoms with van der Waals surface area (Å²) in [5.74, 6) is 0. The molecule has 0 fully saturated rings. The van der Waals surface area contributed by atoms with Crippen LogP contribution in [0.5, 0.6) is 0 Å². The molecule has 0 saturated heterocycles. The van der Waals surface area contributed by atoms with Gasteiger partial charge in [0, 0.05) is 30.4 Å². The summed E-state index contributed by atoms with van der Waals surface area (Å²) in [5, 5.41) is 20.0. The maximum Gasteiger partial charge on any atom is 0.0991 e. The molecule has 0 atom stereocenters. The zero-order valence-corrected chi connectivity index (χ0v) is 28.3. The van der Waals surface area contributed by atoms with Crippen molar-refractivity contribution in [1.29, 1.82) is 5.26 Å². The standard InChI is InChI=1S/C47H25NS2/c48-26-27-18-20-38-39(24-27)46(37-23-22-36-30-10-3-4-15-40(30)49-42-17-7-14-35(37)47(36)42)34-12-2-1-11-33(34)44(38)29-19-21-31-32-13-5-8-28-9-6-16-41(45(28)32)50-43(31)25-29/h1-25H. The molecule has 50 heavy (non-hydrogen) atoms. The van der Waals surface area contributed by atoms with Crippen molar-refractivity contribution in [2.24, 2.45) is 0 Å². The summed E-state index contributed by atoms with van der Waals surface area (Å²) < 4.78 is 0. The van der Waals surface area contributed by atoms with Gasteiger partial charge < -0.3 is 0 Å². The van der Waals surface area contributed by atoms with Crippen LogP contribution in [-0.4, -0.2) is 0 Å². The maximum atomic E-state index is 10.2. The molecular formula is C47H25NS2. The van der Waals surface area contributed by atoms with Crippen LogP contribution < -0.4 is 0 Å². The topological polar surface area (TPSA) is 23.8 Å². The maximum absolute atomic E-state index is 10.2. The molecule has 2 heterocycles. The highest BCUT2D eigenvalue weighted by Crippen LogP contribution is 2.53. The average molecular weight is 668 g/mol. The minimum absolute atomic E-state index is 0.665. The third kappa shape index (κ3) is 3.92. The van der Waals surface area contributed by atoms with Gasteiger partial charge >= 0.3 is 0 Å². The molecule has 2 aliphatic rings. The van der Waals surface area contributed by atoms with Crippen LogP contribution in [0, 0.1) is 11.3 Å². The second-order valence-corrected chi connectivity index (χ2v) is 15.2. The average Bonchev–Trinajstić information content (AvgIpc) is 3.17. The van der Waals surface area contributed by atoms with E-state index in [0.29, 0.717) is 5.56 Å². The Morgan fingerprint density at radius 2 is 0.980 bits per heavy atom. The predicted molar refractivity (Wildman–Crippen MR) is 211 cm³/mol. The molecule has 0 unspecified atom stereocenters. The molecule has 2 aliphatic heterocycles. The number of benzene rings is 9. The fourth-order valence-electron chi connectivity index (χ4n) is 8.37. The van der Waals surface area contributed by atoms with E-state index in [1.165, 1.54) is 96.4 Å². The van der Waals surface area contributed by atoms with Gasteiger partial charge in [-0.2, -0.15) is 5.26 Å².